The van der Waals surface area contributed by atoms with Gasteiger partial charge < -0.3 is 14.2 Å². The average Bonchev–Trinajstić information content (AvgIpc) is 3.29. The summed E-state index contributed by atoms with van der Waals surface area (Å²) in [6.45, 7) is 9.08. The van der Waals surface area contributed by atoms with E-state index in [2.05, 4.69) is 20.2 Å². The van der Waals surface area contributed by atoms with Crippen LogP contribution in [0.4, 0.5) is 0 Å². The molecule has 0 N–H and O–H groups in total. The first-order valence-corrected chi connectivity index (χ1v) is 10.3. The Labute approximate surface area is 194 Å². The number of ether oxygens (including phenoxy) is 3. The Morgan fingerprint density at radius 1 is 1.00 bits per heavy atom. The zero-order chi connectivity index (χ0) is 24.8. The number of nitrogens with zero attached hydrogens (tertiary/aromatic N) is 6. The molecule has 0 fully saturated rings. The summed E-state index contributed by atoms with van der Waals surface area (Å²) < 4.78 is 18.1. The maximum absolute atomic E-state index is 12.5. The zero-order valence-electron chi connectivity index (χ0n) is 19.4. The predicted octanol–water partition coefficient (Wildman–Crippen LogP) is 2.00. The molecular formula is C22H22N6O6. The van der Waals surface area contributed by atoms with Crippen LogP contribution in [0.15, 0.2) is 29.4 Å². The third kappa shape index (κ3) is 4.05. The lowest BCUT2D eigenvalue weighted by atomic mass is 10.0. The maximum Gasteiger partial charge on any atom is 0.308 e. The molecular weight excluding hydrogens is 444 g/mol. The second-order valence-corrected chi connectivity index (χ2v) is 7.85. The van der Waals surface area contributed by atoms with Gasteiger partial charge in [0, 0.05) is 45.1 Å². The largest absolute Gasteiger partial charge is 0.441 e. The SMILES string of the molecule is CC(=O)Oc1ccc([C@]2(C)OC(c3nc4nc(C)cc(C)n4n3)=NN2C(C)=O)c(OC(C)=O)c1. The van der Waals surface area contributed by atoms with E-state index in [1.54, 1.807) is 11.4 Å². The summed E-state index contributed by atoms with van der Waals surface area (Å²) in [4.78, 5) is 44.4. The number of carbonyl (C=O) groups is 3. The van der Waals surface area contributed by atoms with E-state index in [0.29, 0.717) is 11.3 Å². The van der Waals surface area contributed by atoms with Crippen LogP contribution in [0.1, 0.15) is 50.5 Å². The molecule has 34 heavy (non-hydrogen) atoms. The summed E-state index contributed by atoms with van der Waals surface area (Å²) in [5, 5.41) is 9.83. The number of rotatable bonds is 4. The van der Waals surface area contributed by atoms with Gasteiger partial charge in [-0.15, -0.1) is 10.2 Å². The van der Waals surface area contributed by atoms with Crippen LogP contribution in [0.5, 0.6) is 11.5 Å². The van der Waals surface area contributed by atoms with Crippen LogP contribution in [-0.2, 0) is 24.8 Å². The van der Waals surface area contributed by atoms with Gasteiger partial charge in [0.2, 0.25) is 17.5 Å². The summed E-state index contributed by atoms with van der Waals surface area (Å²) in [6, 6.07) is 6.23. The summed E-state index contributed by atoms with van der Waals surface area (Å²) in [5.74, 6) is -0.941. The number of esters is 2. The standard InChI is InChI=1S/C22H22N6O6/c1-11-9-12(2)27-21(23-11)24-19(25-27)20-26-28(13(3)29)22(6,34-20)17-8-7-16(32-14(4)30)10-18(17)33-15(5)31/h7-10H,1-6H3/t22-/m0/s1. The monoisotopic (exact) mass is 466 g/mol. The molecule has 1 amide bonds. The van der Waals surface area contributed by atoms with Crippen molar-refractivity contribution in [3.8, 4) is 11.5 Å². The first-order chi connectivity index (χ1) is 16.0. The Kier molecular flexibility index (Phi) is 5.51. The number of benzene rings is 1. The number of hydrogen-bond donors (Lipinski definition) is 0. The number of fused-ring (bicyclic) bond motifs is 1. The smallest absolute Gasteiger partial charge is 0.308 e. The Morgan fingerprint density at radius 3 is 2.35 bits per heavy atom. The van der Waals surface area contributed by atoms with Gasteiger partial charge in [0.1, 0.15) is 11.5 Å². The van der Waals surface area contributed by atoms with Crippen LogP contribution in [0.3, 0.4) is 0 Å². The van der Waals surface area contributed by atoms with Crippen molar-refractivity contribution in [2.45, 2.75) is 47.3 Å². The van der Waals surface area contributed by atoms with Crippen molar-refractivity contribution in [1.82, 2.24) is 24.6 Å². The van der Waals surface area contributed by atoms with Crippen molar-refractivity contribution in [2.24, 2.45) is 5.10 Å². The van der Waals surface area contributed by atoms with E-state index in [0.717, 1.165) is 16.4 Å². The lowest BCUT2D eigenvalue weighted by Crippen LogP contribution is -2.41. The summed E-state index contributed by atoms with van der Waals surface area (Å²) in [6.07, 6.45) is 0. The van der Waals surface area contributed by atoms with Crippen molar-refractivity contribution < 1.29 is 28.6 Å². The van der Waals surface area contributed by atoms with E-state index in [-0.39, 0.29) is 23.2 Å². The molecule has 1 atom stereocenters. The average molecular weight is 466 g/mol. The van der Waals surface area contributed by atoms with E-state index in [1.165, 1.54) is 39.0 Å². The molecule has 1 aromatic carbocycles. The van der Waals surface area contributed by atoms with Gasteiger partial charge in [0.15, 0.2) is 0 Å². The molecule has 176 valence electrons. The molecule has 1 aliphatic heterocycles. The molecule has 12 heteroatoms. The first kappa shape index (κ1) is 22.8. The lowest BCUT2D eigenvalue weighted by molar-refractivity contribution is -0.146. The molecule has 0 saturated carbocycles. The number of aromatic nitrogens is 4. The normalized spacial score (nSPS) is 17.4. The molecule has 1 aliphatic rings. The third-order valence-electron chi connectivity index (χ3n) is 4.97. The minimum absolute atomic E-state index is 0.0157. The highest BCUT2D eigenvalue weighted by Gasteiger charge is 2.48. The molecule has 3 aromatic rings. The fraction of sp³-hybridized carbons (Fsp3) is 0.318. The summed E-state index contributed by atoms with van der Waals surface area (Å²) in [5.41, 5.74) is 0.356. The number of carbonyl (C=O) groups excluding carboxylic acids is 3. The predicted molar refractivity (Wildman–Crippen MR) is 117 cm³/mol. The first-order valence-electron chi connectivity index (χ1n) is 10.3. The van der Waals surface area contributed by atoms with Crippen LogP contribution < -0.4 is 9.47 Å². The molecule has 4 rings (SSSR count). The van der Waals surface area contributed by atoms with Crippen LogP contribution in [0, 0.1) is 13.8 Å². The maximum atomic E-state index is 12.5. The highest BCUT2D eigenvalue weighted by atomic mass is 16.6. The number of aryl methyl sites for hydroxylation is 2. The van der Waals surface area contributed by atoms with E-state index < -0.39 is 23.6 Å². The van der Waals surface area contributed by atoms with Gasteiger partial charge in [-0.1, -0.05) is 0 Å². The van der Waals surface area contributed by atoms with Gasteiger partial charge in [-0.2, -0.15) is 9.99 Å². The molecule has 0 radical (unpaired) electrons. The number of hydrogen-bond acceptors (Lipinski definition) is 10. The summed E-state index contributed by atoms with van der Waals surface area (Å²) in [7, 11) is 0. The van der Waals surface area contributed by atoms with Crippen LogP contribution in [-0.4, -0.2) is 48.3 Å². The van der Waals surface area contributed by atoms with Gasteiger partial charge in [0.25, 0.3) is 11.7 Å². The van der Waals surface area contributed by atoms with Gasteiger partial charge in [-0.25, -0.2) is 9.50 Å². The number of hydrazone groups is 1. The van der Waals surface area contributed by atoms with Gasteiger partial charge in [-0.05, 0) is 32.0 Å². The van der Waals surface area contributed by atoms with E-state index in [1.807, 2.05) is 19.9 Å². The molecule has 12 nitrogen and oxygen atoms in total. The Balaban J connectivity index is 1.80. The van der Waals surface area contributed by atoms with Crippen molar-refractivity contribution in [3.05, 3.63) is 47.0 Å². The van der Waals surface area contributed by atoms with E-state index >= 15 is 0 Å². The van der Waals surface area contributed by atoms with Crippen LogP contribution in [0.25, 0.3) is 5.78 Å². The van der Waals surface area contributed by atoms with Gasteiger partial charge >= 0.3 is 11.9 Å². The third-order valence-corrected chi connectivity index (χ3v) is 4.97. The molecule has 0 saturated heterocycles. The highest BCUT2D eigenvalue weighted by molar-refractivity contribution is 5.94. The van der Waals surface area contributed by atoms with Gasteiger partial charge in [-0.3, -0.25) is 14.4 Å². The van der Waals surface area contributed by atoms with Crippen LogP contribution in [0.2, 0.25) is 0 Å². The topological polar surface area (TPSA) is 138 Å². The summed E-state index contributed by atoms with van der Waals surface area (Å²) >= 11 is 0. The molecule has 0 bridgehead atoms. The quantitative estimate of drug-likeness (QED) is 0.417. The fourth-order valence-electron chi connectivity index (χ4n) is 3.68. The highest BCUT2D eigenvalue weighted by Crippen LogP contribution is 2.42. The minimum atomic E-state index is -1.52. The Hall–Kier alpha value is -4.35. The van der Waals surface area contributed by atoms with Crippen LogP contribution >= 0.6 is 0 Å². The van der Waals surface area contributed by atoms with E-state index in [4.69, 9.17) is 14.2 Å². The van der Waals surface area contributed by atoms with Crippen molar-refractivity contribution >= 4 is 29.5 Å². The van der Waals surface area contributed by atoms with Crippen molar-refractivity contribution in [1.29, 1.82) is 0 Å². The van der Waals surface area contributed by atoms with Gasteiger partial charge in [0.05, 0.1) is 5.56 Å². The van der Waals surface area contributed by atoms with E-state index in [9.17, 15) is 14.4 Å². The number of amides is 1. The molecule has 3 heterocycles. The second-order valence-electron chi connectivity index (χ2n) is 7.85. The Morgan fingerprint density at radius 2 is 1.71 bits per heavy atom. The minimum Gasteiger partial charge on any atom is -0.441 e. The van der Waals surface area contributed by atoms with Crippen molar-refractivity contribution in [3.63, 3.8) is 0 Å². The fourth-order valence-corrected chi connectivity index (χ4v) is 3.68. The second kappa shape index (κ2) is 8.21. The molecule has 2 aromatic heterocycles. The Bertz CT molecular complexity index is 1380. The zero-order valence-corrected chi connectivity index (χ0v) is 19.4. The molecule has 0 spiro atoms. The lowest BCUT2D eigenvalue weighted by Gasteiger charge is -2.32. The molecule has 0 unspecified atom stereocenters. The van der Waals surface area contributed by atoms with Crippen molar-refractivity contribution in [2.75, 3.05) is 0 Å². The molecule has 0 aliphatic carbocycles.